The van der Waals surface area contributed by atoms with Crippen LogP contribution in [-0.2, 0) is 9.59 Å². The Hall–Kier alpha value is -3.29. The number of anilines is 2. The summed E-state index contributed by atoms with van der Waals surface area (Å²) in [5.41, 5.74) is 0.367. The number of urea groups is 1. The molecule has 8 heteroatoms. The average molecular weight is 401 g/mol. The molecule has 152 valence electrons. The first-order valence-corrected chi connectivity index (χ1v) is 9.22. The summed E-state index contributed by atoms with van der Waals surface area (Å²) >= 11 is 0. The fraction of sp³-hybridized carbons (Fsp3) is 0.286. The molecule has 1 fully saturated rings. The lowest BCUT2D eigenvalue weighted by Gasteiger charge is -2.23. The number of hydrogen-bond acceptors (Lipinski definition) is 3. The second-order valence-corrected chi connectivity index (χ2v) is 7.26. The van der Waals surface area contributed by atoms with Crippen LogP contribution in [0.3, 0.4) is 0 Å². The highest BCUT2D eigenvalue weighted by Gasteiger charge is 2.46. The zero-order valence-electron chi connectivity index (χ0n) is 16.1. The largest absolute Gasteiger partial charge is 0.332 e. The van der Waals surface area contributed by atoms with Crippen LogP contribution in [0.5, 0.6) is 0 Å². The van der Waals surface area contributed by atoms with E-state index in [0.29, 0.717) is 0 Å². The minimum absolute atomic E-state index is 0.0491. The first kappa shape index (κ1) is 20.4. The zero-order chi connectivity index (χ0) is 21.1. The molecule has 2 aromatic carbocycles. The third-order valence-corrected chi connectivity index (χ3v) is 4.43. The van der Waals surface area contributed by atoms with Crippen molar-refractivity contribution in [1.82, 2.24) is 4.90 Å². The van der Waals surface area contributed by atoms with E-state index in [1.807, 2.05) is 13.8 Å². The van der Waals surface area contributed by atoms with Gasteiger partial charge in [0.15, 0.2) is 0 Å². The Morgan fingerprint density at radius 3 is 2.34 bits per heavy atom. The molecule has 1 aliphatic rings. The molecule has 1 saturated heterocycles. The highest BCUT2D eigenvalue weighted by atomic mass is 19.1. The Kier molecular flexibility index (Phi) is 5.91. The SMILES string of the molecule is CC(C)CN1C(=O)N(c2cccc(F)c2)C(=O)C1CC(=O)Nc1cccc(F)c1. The highest BCUT2D eigenvalue weighted by Crippen LogP contribution is 2.28. The number of carbonyl (C=O) groups excluding carboxylic acids is 3. The summed E-state index contributed by atoms with van der Waals surface area (Å²) in [6.45, 7) is 4.02. The van der Waals surface area contributed by atoms with E-state index in [-0.39, 0.29) is 30.3 Å². The van der Waals surface area contributed by atoms with E-state index in [4.69, 9.17) is 0 Å². The van der Waals surface area contributed by atoms with Gasteiger partial charge >= 0.3 is 6.03 Å². The standard InChI is InChI=1S/C21H21F2N3O3/c1-13(2)12-25-18(11-19(27)24-16-7-3-5-14(22)9-16)20(28)26(21(25)29)17-8-4-6-15(23)10-17/h3-10,13,18H,11-12H2,1-2H3,(H,24,27). The molecule has 4 amide bonds. The van der Waals surface area contributed by atoms with Crippen molar-refractivity contribution < 1.29 is 23.2 Å². The van der Waals surface area contributed by atoms with E-state index in [1.54, 1.807) is 0 Å². The minimum atomic E-state index is -1.03. The normalized spacial score (nSPS) is 16.7. The fourth-order valence-electron chi connectivity index (χ4n) is 3.24. The Morgan fingerprint density at radius 2 is 1.72 bits per heavy atom. The Bertz CT molecular complexity index is 948. The van der Waals surface area contributed by atoms with Crippen molar-refractivity contribution in [2.45, 2.75) is 26.3 Å². The van der Waals surface area contributed by atoms with Crippen LogP contribution in [0.4, 0.5) is 25.0 Å². The summed E-state index contributed by atoms with van der Waals surface area (Å²) in [6, 6.07) is 8.92. The third-order valence-electron chi connectivity index (χ3n) is 4.43. The molecule has 1 unspecified atom stereocenters. The van der Waals surface area contributed by atoms with E-state index < -0.39 is 35.5 Å². The van der Waals surface area contributed by atoms with Gasteiger partial charge in [-0.1, -0.05) is 26.0 Å². The summed E-state index contributed by atoms with van der Waals surface area (Å²) in [7, 11) is 0. The lowest BCUT2D eigenvalue weighted by atomic mass is 10.1. The van der Waals surface area contributed by atoms with Gasteiger partial charge in [0.25, 0.3) is 5.91 Å². The molecular weight excluding hydrogens is 380 g/mol. The van der Waals surface area contributed by atoms with Gasteiger partial charge < -0.3 is 10.2 Å². The number of imide groups is 1. The van der Waals surface area contributed by atoms with E-state index >= 15 is 0 Å². The molecule has 0 aromatic heterocycles. The van der Waals surface area contributed by atoms with E-state index in [2.05, 4.69) is 5.32 Å². The third kappa shape index (κ3) is 4.59. The van der Waals surface area contributed by atoms with Gasteiger partial charge in [-0.15, -0.1) is 0 Å². The molecule has 29 heavy (non-hydrogen) atoms. The quantitative estimate of drug-likeness (QED) is 0.749. The molecule has 6 nitrogen and oxygen atoms in total. The van der Waals surface area contributed by atoms with Crippen LogP contribution >= 0.6 is 0 Å². The van der Waals surface area contributed by atoms with Crippen molar-refractivity contribution in [1.29, 1.82) is 0 Å². The molecule has 2 aromatic rings. The van der Waals surface area contributed by atoms with Crippen molar-refractivity contribution in [3.63, 3.8) is 0 Å². The summed E-state index contributed by atoms with van der Waals surface area (Å²) in [5.74, 6) is -2.17. The van der Waals surface area contributed by atoms with Crippen LogP contribution in [0, 0.1) is 17.6 Å². The number of rotatable bonds is 6. The van der Waals surface area contributed by atoms with E-state index in [0.717, 1.165) is 17.0 Å². The Labute approximate surface area is 167 Å². The molecule has 0 radical (unpaired) electrons. The fourth-order valence-corrected chi connectivity index (χ4v) is 3.24. The van der Waals surface area contributed by atoms with Gasteiger partial charge in [0.2, 0.25) is 5.91 Å². The number of nitrogens with zero attached hydrogens (tertiary/aromatic N) is 2. The molecule has 0 bridgehead atoms. The van der Waals surface area contributed by atoms with Crippen molar-refractivity contribution in [2.24, 2.45) is 5.92 Å². The summed E-state index contributed by atoms with van der Waals surface area (Å²) in [5, 5.41) is 2.53. The van der Waals surface area contributed by atoms with Gasteiger partial charge in [-0.2, -0.15) is 0 Å². The Balaban J connectivity index is 1.83. The van der Waals surface area contributed by atoms with Gasteiger partial charge in [-0.3, -0.25) is 9.59 Å². The molecular formula is C21H21F2N3O3. The van der Waals surface area contributed by atoms with Crippen molar-refractivity contribution in [3.05, 3.63) is 60.2 Å². The predicted molar refractivity (Wildman–Crippen MR) is 104 cm³/mol. The average Bonchev–Trinajstić information content (AvgIpc) is 2.85. The minimum Gasteiger partial charge on any atom is -0.326 e. The van der Waals surface area contributed by atoms with Gasteiger partial charge in [-0.05, 0) is 42.3 Å². The predicted octanol–water partition coefficient (Wildman–Crippen LogP) is 3.79. The summed E-state index contributed by atoms with van der Waals surface area (Å²) < 4.78 is 26.9. The molecule has 1 heterocycles. The second kappa shape index (κ2) is 8.38. The topological polar surface area (TPSA) is 69.7 Å². The maximum Gasteiger partial charge on any atom is 0.332 e. The van der Waals surface area contributed by atoms with Crippen molar-refractivity contribution in [2.75, 3.05) is 16.8 Å². The molecule has 0 saturated carbocycles. The van der Waals surface area contributed by atoms with Crippen molar-refractivity contribution >= 4 is 29.2 Å². The first-order valence-electron chi connectivity index (χ1n) is 9.22. The van der Waals surface area contributed by atoms with E-state index in [9.17, 15) is 23.2 Å². The number of nitrogens with one attached hydrogen (secondary N) is 1. The van der Waals surface area contributed by atoms with Crippen LogP contribution in [0.15, 0.2) is 48.5 Å². The zero-order valence-corrected chi connectivity index (χ0v) is 16.1. The molecule has 1 atom stereocenters. The van der Waals surface area contributed by atoms with E-state index in [1.165, 1.54) is 41.3 Å². The van der Waals surface area contributed by atoms with Crippen LogP contribution in [0.2, 0.25) is 0 Å². The highest BCUT2D eigenvalue weighted by molar-refractivity contribution is 6.22. The number of hydrogen-bond donors (Lipinski definition) is 1. The Morgan fingerprint density at radius 1 is 1.07 bits per heavy atom. The first-order chi connectivity index (χ1) is 13.8. The molecule has 1 N–H and O–H groups in total. The van der Waals surface area contributed by atoms with Crippen LogP contribution in [0.1, 0.15) is 20.3 Å². The second-order valence-electron chi connectivity index (χ2n) is 7.26. The van der Waals surface area contributed by atoms with Crippen LogP contribution in [0.25, 0.3) is 0 Å². The van der Waals surface area contributed by atoms with Crippen LogP contribution in [-0.4, -0.2) is 35.3 Å². The number of carbonyl (C=O) groups is 3. The lowest BCUT2D eigenvalue weighted by Crippen LogP contribution is -2.40. The molecule has 0 spiro atoms. The summed E-state index contributed by atoms with van der Waals surface area (Å²) in [6.07, 6.45) is -0.292. The summed E-state index contributed by atoms with van der Waals surface area (Å²) in [4.78, 5) is 40.5. The van der Waals surface area contributed by atoms with Gasteiger partial charge in [0, 0.05) is 12.2 Å². The molecule has 1 aliphatic heterocycles. The lowest BCUT2D eigenvalue weighted by molar-refractivity contribution is -0.124. The maximum absolute atomic E-state index is 13.6. The number of halogens is 2. The molecule has 0 aliphatic carbocycles. The van der Waals surface area contributed by atoms with Gasteiger partial charge in [-0.25, -0.2) is 18.5 Å². The number of benzene rings is 2. The smallest absolute Gasteiger partial charge is 0.326 e. The van der Waals surface area contributed by atoms with Gasteiger partial charge in [0.05, 0.1) is 12.1 Å². The maximum atomic E-state index is 13.6. The van der Waals surface area contributed by atoms with Crippen molar-refractivity contribution in [3.8, 4) is 0 Å². The number of amides is 4. The molecule has 3 rings (SSSR count). The van der Waals surface area contributed by atoms with Gasteiger partial charge in [0.1, 0.15) is 17.7 Å². The van der Waals surface area contributed by atoms with Crippen LogP contribution < -0.4 is 10.2 Å². The monoisotopic (exact) mass is 401 g/mol.